The Morgan fingerprint density at radius 3 is 2.67 bits per heavy atom. The number of hydrazone groups is 1. The maximum atomic E-state index is 11.8. The molecule has 0 heterocycles. The minimum Gasteiger partial charge on any atom is -0.273 e. The highest BCUT2D eigenvalue weighted by Crippen LogP contribution is 2.42. The molecule has 0 aliphatic heterocycles. The molecule has 1 amide bonds. The molecule has 1 aromatic rings. The summed E-state index contributed by atoms with van der Waals surface area (Å²) in [5.74, 6) is 1.15. The van der Waals surface area contributed by atoms with Crippen LogP contribution in [0.2, 0.25) is 0 Å². The second-order valence-electron chi connectivity index (χ2n) is 5.82. The first kappa shape index (κ1) is 13.7. The summed E-state index contributed by atoms with van der Waals surface area (Å²) in [6, 6.07) is 6.01. The van der Waals surface area contributed by atoms with E-state index in [1.54, 1.807) is 12.1 Å². The Bertz CT molecular complexity index is 595. The van der Waals surface area contributed by atoms with Crippen LogP contribution in [0, 0.1) is 22.0 Å². The van der Waals surface area contributed by atoms with Crippen molar-refractivity contribution in [3.63, 3.8) is 0 Å². The normalized spacial score (nSPS) is 25.2. The van der Waals surface area contributed by atoms with Gasteiger partial charge in [-0.3, -0.25) is 14.9 Å². The summed E-state index contributed by atoms with van der Waals surface area (Å²) in [7, 11) is 0. The van der Waals surface area contributed by atoms with Gasteiger partial charge in [-0.25, -0.2) is 5.43 Å². The molecule has 3 rings (SSSR count). The third kappa shape index (κ3) is 3.09. The standard InChI is InChI=1S/C15H17N3O3/c19-15(9-10-2-5-13(6-3-10)18(20)21)17-16-14-8-11-1-4-12(14)7-11/h2-3,5-6,11-12H,1,4,7-9H2,(H,17,19)/b16-14+/t11-,12+/m0/s1. The lowest BCUT2D eigenvalue weighted by Gasteiger charge is -2.11. The molecule has 0 unspecified atom stereocenters. The average Bonchev–Trinajstić information content (AvgIpc) is 3.08. The van der Waals surface area contributed by atoms with Gasteiger partial charge in [-0.15, -0.1) is 0 Å². The minimum absolute atomic E-state index is 0.0291. The summed E-state index contributed by atoms with van der Waals surface area (Å²) in [6.07, 6.45) is 4.91. The molecular weight excluding hydrogens is 270 g/mol. The van der Waals surface area contributed by atoms with Crippen molar-refractivity contribution in [1.82, 2.24) is 5.43 Å². The number of non-ortho nitro benzene ring substituents is 1. The summed E-state index contributed by atoms with van der Waals surface area (Å²) in [4.78, 5) is 21.9. The molecule has 0 saturated heterocycles. The molecule has 2 aliphatic rings. The number of rotatable bonds is 4. The lowest BCUT2D eigenvalue weighted by molar-refractivity contribution is -0.384. The fourth-order valence-electron chi connectivity index (χ4n) is 3.26. The molecule has 0 radical (unpaired) electrons. The molecule has 2 atom stereocenters. The zero-order valence-corrected chi connectivity index (χ0v) is 11.6. The number of carbonyl (C=O) groups excluding carboxylic acids is 1. The third-order valence-corrected chi connectivity index (χ3v) is 4.35. The van der Waals surface area contributed by atoms with Crippen LogP contribution >= 0.6 is 0 Å². The van der Waals surface area contributed by atoms with E-state index in [1.165, 1.54) is 31.4 Å². The van der Waals surface area contributed by atoms with Crippen LogP contribution in [0.25, 0.3) is 0 Å². The van der Waals surface area contributed by atoms with Crippen molar-refractivity contribution >= 4 is 17.3 Å². The average molecular weight is 287 g/mol. The quantitative estimate of drug-likeness (QED) is 0.681. The fraction of sp³-hybridized carbons (Fsp3) is 0.467. The van der Waals surface area contributed by atoms with E-state index in [-0.39, 0.29) is 18.0 Å². The molecule has 2 aliphatic carbocycles. The number of hydrogen-bond donors (Lipinski definition) is 1. The summed E-state index contributed by atoms with van der Waals surface area (Å²) in [6.45, 7) is 0. The predicted molar refractivity (Wildman–Crippen MR) is 77.8 cm³/mol. The molecule has 2 saturated carbocycles. The van der Waals surface area contributed by atoms with E-state index in [1.807, 2.05) is 0 Å². The van der Waals surface area contributed by atoms with Crippen LogP contribution in [0.5, 0.6) is 0 Å². The molecule has 2 fully saturated rings. The van der Waals surface area contributed by atoms with E-state index < -0.39 is 4.92 Å². The molecule has 6 heteroatoms. The highest BCUT2D eigenvalue weighted by molar-refractivity contribution is 5.91. The zero-order chi connectivity index (χ0) is 14.8. The van der Waals surface area contributed by atoms with Gasteiger partial charge in [0.25, 0.3) is 5.69 Å². The molecule has 1 aromatic carbocycles. The molecule has 21 heavy (non-hydrogen) atoms. The van der Waals surface area contributed by atoms with Gasteiger partial charge < -0.3 is 0 Å². The minimum atomic E-state index is -0.453. The number of carbonyl (C=O) groups is 1. The summed E-state index contributed by atoms with van der Waals surface area (Å²) < 4.78 is 0. The molecule has 6 nitrogen and oxygen atoms in total. The van der Waals surface area contributed by atoms with Crippen LogP contribution in [-0.4, -0.2) is 16.5 Å². The van der Waals surface area contributed by atoms with Gasteiger partial charge in [0.2, 0.25) is 5.91 Å². The second-order valence-corrected chi connectivity index (χ2v) is 5.82. The topological polar surface area (TPSA) is 84.6 Å². The maximum absolute atomic E-state index is 11.8. The third-order valence-electron chi connectivity index (χ3n) is 4.35. The van der Waals surface area contributed by atoms with Crippen molar-refractivity contribution in [3.05, 3.63) is 39.9 Å². The highest BCUT2D eigenvalue weighted by atomic mass is 16.6. The molecule has 110 valence electrons. The van der Waals surface area contributed by atoms with Crippen LogP contribution in [0.4, 0.5) is 5.69 Å². The number of amides is 1. The van der Waals surface area contributed by atoms with Crippen molar-refractivity contribution < 1.29 is 9.72 Å². The monoisotopic (exact) mass is 287 g/mol. The van der Waals surface area contributed by atoms with Gasteiger partial charge in [-0.2, -0.15) is 5.10 Å². The molecule has 0 spiro atoms. The van der Waals surface area contributed by atoms with Crippen LogP contribution in [0.3, 0.4) is 0 Å². The van der Waals surface area contributed by atoms with Crippen LogP contribution in [-0.2, 0) is 11.2 Å². The van der Waals surface area contributed by atoms with Crippen molar-refractivity contribution in [2.75, 3.05) is 0 Å². The van der Waals surface area contributed by atoms with E-state index in [0.29, 0.717) is 5.92 Å². The van der Waals surface area contributed by atoms with Gasteiger partial charge in [0.1, 0.15) is 0 Å². The molecular formula is C15H17N3O3. The fourth-order valence-corrected chi connectivity index (χ4v) is 3.26. The van der Waals surface area contributed by atoms with Gasteiger partial charge in [-0.05, 0) is 43.1 Å². The number of nitro benzene ring substituents is 1. The van der Waals surface area contributed by atoms with Crippen LogP contribution in [0.15, 0.2) is 29.4 Å². The summed E-state index contributed by atoms with van der Waals surface area (Å²) in [5.41, 5.74) is 4.51. The Kier molecular flexibility index (Phi) is 3.68. The number of fused-ring (bicyclic) bond motifs is 2. The Hall–Kier alpha value is -2.24. The van der Waals surface area contributed by atoms with Crippen molar-refractivity contribution in [2.45, 2.75) is 32.1 Å². The van der Waals surface area contributed by atoms with Crippen molar-refractivity contribution in [3.8, 4) is 0 Å². The largest absolute Gasteiger partial charge is 0.273 e. The second kappa shape index (κ2) is 5.63. The van der Waals surface area contributed by atoms with E-state index in [0.717, 1.165) is 23.6 Å². The number of nitro groups is 1. The van der Waals surface area contributed by atoms with E-state index >= 15 is 0 Å². The maximum Gasteiger partial charge on any atom is 0.269 e. The molecule has 2 bridgehead atoms. The Morgan fingerprint density at radius 1 is 1.33 bits per heavy atom. The van der Waals surface area contributed by atoms with Crippen LogP contribution in [0.1, 0.15) is 31.2 Å². The van der Waals surface area contributed by atoms with Gasteiger partial charge in [0.05, 0.1) is 11.3 Å². The Labute approximate surface area is 122 Å². The van der Waals surface area contributed by atoms with Gasteiger partial charge in [0.15, 0.2) is 0 Å². The Balaban J connectivity index is 1.54. The number of nitrogens with one attached hydrogen (secondary N) is 1. The van der Waals surface area contributed by atoms with Crippen molar-refractivity contribution in [1.29, 1.82) is 0 Å². The number of hydrogen-bond acceptors (Lipinski definition) is 4. The summed E-state index contributed by atoms with van der Waals surface area (Å²) >= 11 is 0. The smallest absolute Gasteiger partial charge is 0.269 e. The first-order valence-corrected chi connectivity index (χ1v) is 7.20. The lowest BCUT2D eigenvalue weighted by Crippen LogP contribution is -2.23. The van der Waals surface area contributed by atoms with Crippen LogP contribution < -0.4 is 5.43 Å². The summed E-state index contributed by atoms with van der Waals surface area (Å²) in [5, 5.41) is 14.8. The zero-order valence-electron chi connectivity index (χ0n) is 11.6. The van der Waals surface area contributed by atoms with Gasteiger partial charge in [0, 0.05) is 17.8 Å². The predicted octanol–water partition coefficient (Wildman–Crippen LogP) is 2.43. The first-order chi connectivity index (χ1) is 10.1. The highest BCUT2D eigenvalue weighted by Gasteiger charge is 2.36. The molecule has 0 aromatic heterocycles. The number of benzene rings is 1. The van der Waals surface area contributed by atoms with Gasteiger partial charge in [-0.1, -0.05) is 12.1 Å². The number of nitrogens with zero attached hydrogens (tertiary/aromatic N) is 2. The Morgan fingerprint density at radius 2 is 2.10 bits per heavy atom. The first-order valence-electron chi connectivity index (χ1n) is 7.20. The SMILES string of the molecule is O=C(Cc1ccc([N+](=O)[O-])cc1)N/N=C1\C[C@H]2CC[C@@H]1C2. The van der Waals surface area contributed by atoms with E-state index in [4.69, 9.17) is 0 Å². The van der Waals surface area contributed by atoms with Gasteiger partial charge >= 0.3 is 0 Å². The molecule has 1 N–H and O–H groups in total. The lowest BCUT2D eigenvalue weighted by atomic mass is 9.99. The van der Waals surface area contributed by atoms with Crippen molar-refractivity contribution in [2.24, 2.45) is 16.9 Å². The van der Waals surface area contributed by atoms with E-state index in [9.17, 15) is 14.9 Å². The van der Waals surface area contributed by atoms with E-state index in [2.05, 4.69) is 10.5 Å².